The van der Waals surface area contributed by atoms with E-state index in [1.165, 1.54) is 11.8 Å². The minimum absolute atomic E-state index is 0.0306. The quantitative estimate of drug-likeness (QED) is 0.248. The van der Waals surface area contributed by atoms with E-state index in [-0.39, 0.29) is 24.4 Å². The number of carboxylic acid groups (broad SMARTS) is 1. The third-order valence-electron chi connectivity index (χ3n) is 9.47. The van der Waals surface area contributed by atoms with Crippen LogP contribution in [0.1, 0.15) is 79.0 Å². The summed E-state index contributed by atoms with van der Waals surface area (Å²) >= 11 is 6.69. The summed E-state index contributed by atoms with van der Waals surface area (Å²) < 4.78 is 87.0. The Morgan fingerprint density at radius 1 is 0.958 bits per heavy atom. The number of ether oxygens (including phenoxy) is 1. The molecule has 6 rings (SSSR count). The van der Waals surface area contributed by atoms with E-state index in [1.807, 2.05) is 17.0 Å². The molecular weight excluding hydrogens is 666 g/mol. The average molecular weight is 697 g/mol. The molecule has 1 saturated carbocycles. The van der Waals surface area contributed by atoms with Gasteiger partial charge in [0.1, 0.15) is 6.10 Å². The van der Waals surface area contributed by atoms with Crippen molar-refractivity contribution in [2.45, 2.75) is 76.0 Å². The maximum atomic E-state index is 13.6. The van der Waals surface area contributed by atoms with Gasteiger partial charge in [0, 0.05) is 35.4 Å². The van der Waals surface area contributed by atoms with Crippen LogP contribution in [0.2, 0.25) is 5.02 Å². The van der Waals surface area contributed by atoms with Crippen LogP contribution in [-0.4, -0.2) is 51.2 Å². The van der Waals surface area contributed by atoms with Gasteiger partial charge < -0.3 is 14.7 Å². The number of hydrogen-bond donors (Lipinski definition) is 1. The third-order valence-corrected chi connectivity index (χ3v) is 9.80. The van der Waals surface area contributed by atoms with E-state index in [0.29, 0.717) is 65.6 Å². The molecule has 3 fully saturated rings. The second-order valence-corrected chi connectivity index (χ2v) is 12.9. The summed E-state index contributed by atoms with van der Waals surface area (Å²) in [5.74, 6) is -0.683. The summed E-state index contributed by atoms with van der Waals surface area (Å²) in [6, 6.07) is 5.72. The zero-order chi connectivity index (χ0) is 34.5. The molecule has 0 bridgehead atoms. The van der Waals surface area contributed by atoms with Crippen LogP contribution < -0.4 is 4.90 Å². The number of benzene rings is 2. The standard InChI is InChI=1S/C33H31ClF6N4O4/c1-17-28(21-11-22(32(35,36)37)14-23(12-21)33(38,39)40)48-31(47)44(17)16-27-25(15-41-30(42-27)43-9-2-10-43)24-13-20(7-8-26(24)34)18-3-5-19(6-4-18)29(45)46/h7-8,11-15,17-19,28H,2-6,9-10,16H2,1H3,(H,45,46)/t17-,18?,19?,28-/m0/s1. The van der Waals surface area contributed by atoms with Gasteiger partial charge in [0.15, 0.2) is 0 Å². The Morgan fingerprint density at radius 3 is 2.17 bits per heavy atom. The first-order chi connectivity index (χ1) is 22.6. The number of nitrogens with zero attached hydrogens (tertiary/aromatic N) is 4. The molecule has 1 aromatic heterocycles. The van der Waals surface area contributed by atoms with Gasteiger partial charge in [0.2, 0.25) is 5.95 Å². The molecule has 2 aliphatic heterocycles. The minimum Gasteiger partial charge on any atom is -0.481 e. The molecule has 1 N–H and O–H groups in total. The fourth-order valence-corrected chi connectivity index (χ4v) is 6.78. The first-order valence-corrected chi connectivity index (χ1v) is 15.9. The van der Waals surface area contributed by atoms with E-state index >= 15 is 0 Å². The maximum Gasteiger partial charge on any atom is 0.416 e. The Labute approximate surface area is 276 Å². The third kappa shape index (κ3) is 6.76. The van der Waals surface area contributed by atoms with Gasteiger partial charge in [0.25, 0.3) is 0 Å². The number of alkyl halides is 6. The molecule has 0 spiro atoms. The van der Waals surface area contributed by atoms with Gasteiger partial charge in [-0.15, -0.1) is 0 Å². The van der Waals surface area contributed by atoms with Crippen molar-refractivity contribution >= 4 is 29.6 Å². The van der Waals surface area contributed by atoms with Crippen molar-refractivity contribution in [2.75, 3.05) is 18.0 Å². The molecule has 256 valence electrons. The Morgan fingerprint density at radius 2 is 1.60 bits per heavy atom. The van der Waals surface area contributed by atoms with Crippen LogP contribution in [0.4, 0.5) is 37.1 Å². The fraction of sp³-hybridized carbons (Fsp3) is 0.455. The Balaban J connectivity index is 1.33. The molecule has 8 nitrogen and oxygen atoms in total. The first kappa shape index (κ1) is 33.8. The van der Waals surface area contributed by atoms with E-state index in [1.54, 1.807) is 12.3 Å². The molecule has 3 heterocycles. The molecule has 2 saturated heterocycles. The predicted octanol–water partition coefficient (Wildman–Crippen LogP) is 8.49. The van der Waals surface area contributed by atoms with Gasteiger partial charge >= 0.3 is 24.4 Å². The summed E-state index contributed by atoms with van der Waals surface area (Å²) in [7, 11) is 0. The highest BCUT2D eigenvalue weighted by atomic mass is 35.5. The smallest absolute Gasteiger partial charge is 0.416 e. The number of halogens is 7. The Bertz CT molecular complexity index is 1690. The van der Waals surface area contributed by atoms with Gasteiger partial charge in [-0.1, -0.05) is 17.7 Å². The van der Waals surface area contributed by atoms with Crippen LogP contribution in [0.15, 0.2) is 42.6 Å². The van der Waals surface area contributed by atoms with Crippen molar-refractivity contribution in [3.8, 4) is 11.1 Å². The normalized spacial score (nSPS) is 23.2. The van der Waals surface area contributed by atoms with Crippen LogP contribution in [0.3, 0.4) is 0 Å². The highest BCUT2D eigenvalue weighted by Crippen LogP contribution is 2.43. The molecule has 2 atom stereocenters. The van der Waals surface area contributed by atoms with E-state index in [2.05, 4.69) is 4.98 Å². The van der Waals surface area contributed by atoms with E-state index in [9.17, 15) is 41.0 Å². The second kappa shape index (κ2) is 12.8. The molecule has 3 aromatic rings. The van der Waals surface area contributed by atoms with E-state index < -0.39 is 53.3 Å². The number of carboxylic acids is 1. The van der Waals surface area contributed by atoms with Crippen LogP contribution >= 0.6 is 11.6 Å². The molecule has 1 aliphatic carbocycles. The van der Waals surface area contributed by atoms with Crippen LogP contribution in [0.5, 0.6) is 0 Å². The van der Waals surface area contributed by atoms with Crippen molar-refractivity contribution in [1.82, 2.24) is 14.9 Å². The number of aliphatic carboxylic acids is 1. The molecular formula is C33H31ClF6N4O4. The molecule has 0 unspecified atom stereocenters. The SMILES string of the molecule is C[C@H]1[C@@H](c2cc(C(F)(F)F)cc(C(F)(F)F)c2)OC(=O)N1Cc1nc(N2CCC2)ncc1-c1cc(C2CCC(C(=O)O)CC2)ccc1Cl. The lowest BCUT2D eigenvalue weighted by Gasteiger charge is -2.31. The number of hydrogen-bond acceptors (Lipinski definition) is 6. The number of rotatable bonds is 7. The Hall–Kier alpha value is -4.07. The number of cyclic esters (lactones) is 1. The molecule has 2 aromatic carbocycles. The summed E-state index contributed by atoms with van der Waals surface area (Å²) in [6.45, 7) is 2.73. The average Bonchev–Trinajstić information content (AvgIpc) is 3.28. The topological polar surface area (TPSA) is 95.9 Å². The second-order valence-electron chi connectivity index (χ2n) is 12.5. The number of anilines is 1. The lowest BCUT2D eigenvalue weighted by atomic mass is 9.78. The van der Waals surface area contributed by atoms with Gasteiger partial charge in [-0.2, -0.15) is 26.3 Å². The van der Waals surface area contributed by atoms with Crippen molar-refractivity contribution < 1.29 is 45.8 Å². The zero-order valence-corrected chi connectivity index (χ0v) is 26.4. The van der Waals surface area contributed by atoms with Crippen molar-refractivity contribution in [3.05, 3.63) is 75.6 Å². The van der Waals surface area contributed by atoms with Gasteiger partial charge in [0.05, 0.1) is 35.3 Å². The van der Waals surface area contributed by atoms with Crippen molar-refractivity contribution in [1.29, 1.82) is 0 Å². The lowest BCUT2D eigenvalue weighted by Crippen LogP contribution is -2.39. The molecule has 1 amide bonds. The molecule has 48 heavy (non-hydrogen) atoms. The number of carbonyl (C=O) groups is 2. The van der Waals surface area contributed by atoms with E-state index in [0.717, 1.165) is 25.1 Å². The summed E-state index contributed by atoms with van der Waals surface area (Å²) in [6.07, 6.45) is -7.49. The maximum absolute atomic E-state index is 13.6. The predicted molar refractivity (Wildman–Crippen MR) is 162 cm³/mol. The molecule has 15 heteroatoms. The largest absolute Gasteiger partial charge is 0.481 e. The molecule has 0 radical (unpaired) electrons. The highest BCUT2D eigenvalue weighted by Gasteiger charge is 2.44. The number of carbonyl (C=O) groups excluding carboxylic acids is 1. The number of amides is 1. The monoisotopic (exact) mass is 696 g/mol. The van der Waals surface area contributed by atoms with Crippen LogP contribution in [0.25, 0.3) is 11.1 Å². The van der Waals surface area contributed by atoms with Gasteiger partial charge in [-0.3, -0.25) is 9.69 Å². The Kier molecular flexibility index (Phi) is 8.98. The first-order valence-electron chi connectivity index (χ1n) is 15.5. The van der Waals surface area contributed by atoms with Crippen LogP contribution in [-0.2, 0) is 28.4 Å². The van der Waals surface area contributed by atoms with E-state index in [4.69, 9.17) is 21.3 Å². The van der Waals surface area contributed by atoms with Crippen LogP contribution in [0, 0.1) is 5.92 Å². The van der Waals surface area contributed by atoms with Gasteiger partial charge in [-0.05, 0) is 86.4 Å². The zero-order valence-electron chi connectivity index (χ0n) is 25.6. The van der Waals surface area contributed by atoms with Crippen molar-refractivity contribution in [2.24, 2.45) is 5.92 Å². The number of aromatic nitrogens is 2. The minimum atomic E-state index is -5.06. The van der Waals surface area contributed by atoms with Crippen molar-refractivity contribution in [3.63, 3.8) is 0 Å². The fourth-order valence-electron chi connectivity index (χ4n) is 6.56. The highest BCUT2D eigenvalue weighted by molar-refractivity contribution is 6.33. The summed E-state index contributed by atoms with van der Waals surface area (Å²) in [5, 5.41) is 9.77. The van der Waals surface area contributed by atoms with Gasteiger partial charge in [-0.25, -0.2) is 14.8 Å². The lowest BCUT2D eigenvalue weighted by molar-refractivity contribution is -0.144. The summed E-state index contributed by atoms with van der Waals surface area (Å²) in [5.41, 5.74) is -1.05. The summed E-state index contributed by atoms with van der Waals surface area (Å²) in [4.78, 5) is 37.1. The molecule has 3 aliphatic rings.